The van der Waals surface area contributed by atoms with Crippen LogP contribution in [0.3, 0.4) is 0 Å². The number of carbonyl (C=O) groups is 2. The number of carbonyl (C=O) groups excluding carboxylic acids is 2. The smallest absolute Gasteiger partial charge is 0.238 e. The van der Waals surface area contributed by atoms with Crippen molar-refractivity contribution >= 4 is 28.3 Å². The second-order valence-corrected chi connectivity index (χ2v) is 7.51. The quantitative estimate of drug-likeness (QED) is 0.387. The fraction of sp³-hybridized carbons (Fsp3) is 0.360. The Morgan fingerprint density at radius 1 is 0.967 bits per heavy atom. The zero-order valence-corrected chi connectivity index (χ0v) is 18.7. The average Bonchev–Trinajstić information content (AvgIpc) is 3.10. The van der Waals surface area contributed by atoms with E-state index in [1.54, 1.807) is 11.9 Å². The van der Waals surface area contributed by atoms with Crippen molar-refractivity contribution in [2.45, 2.75) is 48.0 Å². The molecule has 1 heterocycles. The van der Waals surface area contributed by atoms with E-state index in [9.17, 15) is 9.59 Å². The third-order valence-corrected chi connectivity index (χ3v) is 5.49. The minimum atomic E-state index is -0.0493. The SMILES string of the molecule is CCc1oc2ccccc2c1C(=O)c1cc(C)c(N(C(C)=O)N(CC)CC)c(C)c1. The van der Waals surface area contributed by atoms with Crippen molar-refractivity contribution in [2.75, 3.05) is 18.1 Å². The molecule has 0 N–H and O–H groups in total. The van der Waals surface area contributed by atoms with Crippen LogP contribution in [-0.2, 0) is 11.2 Å². The number of fused-ring (bicyclic) bond motifs is 1. The van der Waals surface area contributed by atoms with Gasteiger partial charge in [0.25, 0.3) is 0 Å². The van der Waals surface area contributed by atoms with Gasteiger partial charge in [0.05, 0.1) is 11.3 Å². The van der Waals surface area contributed by atoms with Crippen LogP contribution in [0, 0.1) is 13.8 Å². The Hall–Kier alpha value is -2.92. The molecule has 0 aliphatic heterocycles. The van der Waals surface area contributed by atoms with E-state index in [0.29, 0.717) is 23.3 Å². The van der Waals surface area contributed by atoms with Crippen LogP contribution in [0.2, 0.25) is 0 Å². The monoisotopic (exact) mass is 406 g/mol. The predicted molar refractivity (Wildman–Crippen MR) is 121 cm³/mol. The number of hydrogen-bond acceptors (Lipinski definition) is 4. The Labute approximate surface area is 178 Å². The van der Waals surface area contributed by atoms with Gasteiger partial charge in [-0.3, -0.25) is 9.59 Å². The Bertz CT molecular complexity index is 1070. The van der Waals surface area contributed by atoms with Gasteiger partial charge < -0.3 is 4.42 Å². The summed E-state index contributed by atoms with van der Waals surface area (Å²) in [6, 6.07) is 11.4. The molecule has 0 atom stereocenters. The largest absolute Gasteiger partial charge is 0.460 e. The van der Waals surface area contributed by atoms with E-state index >= 15 is 0 Å². The molecule has 2 aromatic carbocycles. The summed E-state index contributed by atoms with van der Waals surface area (Å²) in [5.74, 6) is 0.610. The maximum Gasteiger partial charge on any atom is 0.238 e. The van der Waals surface area contributed by atoms with Crippen molar-refractivity contribution < 1.29 is 14.0 Å². The van der Waals surface area contributed by atoms with E-state index in [-0.39, 0.29) is 11.7 Å². The minimum Gasteiger partial charge on any atom is -0.460 e. The lowest BCUT2D eigenvalue weighted by Gasteiger charge is -2.34. The second-order valence-electron chi connectivity index (χ2n) is 7.51. The van der Waals surface area contributed by atoms with Crippen molar-refractivity contribution in [3.63, 3.8) is 0 Å². The Kier molecular flexibility index (Phi) is 6.42. The summed E-state index contributed by atoms with van der Waals surface area (Å²) in [6.45, 7) is 13.0. The van der Waals surface area contributed by atoms with Crippen LogP contribution >= 0.6 is 0 Å². The highest BCUT2D eigenvalue weighted by molar-refractivity contribution is 6.17. The van der Waals surface area contributed by atoms with Gasteiger partial charge >= 0.3 is 0 Å². The molecule has 0 unspecified atom stereocenters. The van der Waals surface area contributed by atoms with Crippen molar-refractivity contribution in [1.29, 1.82) is 0 Å². The number of nitrogens with zero attached hydrogens (tertiary/aromatic N) is 2. The molecule has 0 spiro atoms. The van der Waals surface area contributed by atoms with Gasteiger partial charge in [-0.25, -0.2) is 10.0 Å². The Balaban J connectivity index is 2.12. The lowest BCUT2D eigenvalue weighted by Crippen LogP contribution is -2.46. The molecule has 0 aliphatic carbocycles. The van der Waals surface area contributed by atoms with Gasteiger partial charge in [-0.2, -0.15) is 0 Å². The fourth-order valence-electron chi connectivity index (χ4n) is 4.16. The summed E-state index contributed by atoms with van der Waals surface area (Å²) in [4.78, 5) is 26.0. The summed E-state index contributed by atoms with van der Waals surface area (Å²) in [6.07, 6.45) is 0.645. The van der Waals surface area contributed by atoms with E-state index < -0.39 is 0 Å². The molecule has 5 heteroatoms. The third-order valence-electron chi connectivity index (χ3n) is 5.49. The minimum absolute atomic E-state index is 0.0434. The predicted octanol–water partition coefficient (Wildman–Crippen LogP) is 5.45. The lowest BCUT2D eigenvalue weighted by molar-refractivity contribution is -0.119. The topological polar surface area (TPSA) is 53.8 Å². The number of furan rings is 1. The van der Waals surface area contributed by atoms with Gasteiger partial charge in [0.1, 0.15) is 11.3 Å². The molecule has 3 rings (SSSR count). The fourth-order valence-corrected chi connectivity index (χ4v) is 4.16. The van der Waals surface area contributed by atoms with Crippen molar-refractivity contribution in [3.8, 4) is 0 Å². The number of ketones is 1. The van der Waals surface area contributed by atoms with E-state index in [0.717, 1.165) is 40.9 Å². The molecule has 1 amide bonds. The van der Waals surface area contributed by atoms with Gasteiger partial charge in [0.15, 0.2) is 5.78 Å². The normalized spacial score (nSPS) is 11.3. The van der Waals surface area contributed by atoms with Gasteiger partial charge in [0.2, 0.25) is 5.91 Å². The lowest BCUT2D eigenvalue weighted by atomic mass is 9.95. The molecule has 0 saturated carbocycles. The van der Waals surface area contributed by atoms with Crippen molar-refractivity contribution in [1.82, 2.24) is 5.01 Å². The van der Waals surface area contributed by atoms with E-state index in [4.69, 9.17) is 4.42 Å². The maximum atomic E-state index is 13.5. The summed E-state index contributed by atoms with van der Waals surface area (Å²) < 4.78 is 5.93. The van der Waals surface area contributed by atoms with E-state index in [1.165, 1.54) is 0 Å². The molecule has 3 aromatic rings. The number of amides is 1. The first-order valence-electron chi connectivity index (χ1n) is 10.6. The Morgan fingerprint density at radius 2 is 1.57 bits per heavy atom. The summed E-state index contributed by atoms with van der Waals surface area (Å²) >= 11 is 0. The molecule has 0 saturated heterocycles. The van der Waals surface area contributed by atoms with Crippen LogP contribution in [0.25, 0.3) is 11.0 Å². The van der Waals surface area contributed by atoms with Crippen molar-refractivity contribution in [3.05, 3.63) is 64.4 Å². The molecular weight excluding hydrogens is 376 g/mol. The second kappa shape index (κ2) is 8.84. The van der Waals surface area contributed by atoms with Crippen LogP contribution in [0.4, 0.5) is 5.69 Å². The molecule has 0 bridgehead atoms. The number of aryl methyl sites for hydroxylation is 3. The summed E-state index contributed by atoms with van der Waals surface area (Å²) in [5.41, 5.74) is 4.60. The molecule has 0 aliphatic rings. The van der Waals surface area contributed by atoms with E-state index in [2.05, 4.69) is 0 Å². The van der Waals surface area contributed by atoms with Crippen LogP contribution in [0.5, 0.6) is 0 Å². The molecular formula is C25H30N2O3. The average molecular weight is 407 g/mol. The highest BCUT2D eigenvalue weighted by Crippen LogP contribution is 2.32. The van der Waals surface area contributed by atoms with Gasteiger partial charge in [-0.15, -0.1) is 0 Å². The highest BCUT2D eigenvalue weighted by atomic mass is 16.3. The van der Waals surface area contributed by atoms with Crippen LogP contribution < -0.4 is 5.01 Å². The first kappa shape index (κ1) is 21.8. The van der Waals surface area contributed by atoms with Gasteiger partial charge in [-0.1, -0.05) is 39.0 Å². The zero-order valence-electron chi connectivity index (χ0n) is 18.7. The third kappa shape index (κ3) is 3.77. The number of rotatable bonds is 7. The zero-order chi connectivity index (χ0) is 22.0. The molecule has 30 heavy (non-hydrogen) atoms. The van der Waals surface area contributed by atoms with Gasteiger partial charge in [-0.05, 0) is 43.2 Å². The van der Waals surface area contributed by atoms with Crippen LogP contribution in [-0.4, -0.2) is 29.8 Å². The first-order chi connectivity index (χ1) is 14.3. The summed E-state index contributed by atoms with van der Waals surface area (Å²) in [5, 5.41) is 4.56. The van der Waals surface area contributed by atoms with E-state index in [1.807, 2.05) is 76.0 Å². The molecule has 1 aromatic heterocycles. The Morgan fingerprint density at radius 3 is 2.10 bits per heavy atom. The van der Waals surface area contributed by atoms with Crippen LogP contribution in [0.15, 0.2) is 40.8 Å². The maximum absolute atomic E-state index is 13.5. The number of hydrogen-bond donors (Lipinski definition) is 0. The van der Waals surface area contributed by atoms with Crippen molar-refractivity contribution in [2.24, 2.45) is 0 Å². The molecule has 158 valence electrons. The number of para-hydroxylation sites is 1. The first-order valence-corrected chi connectivity index (χ1v) is 10.6. The molecule has 5 nitrogen and oxygen atoms in total. The summed E-state index contributed by atoms with van der Waals surface area (Å²) in [7, 11) is 0. The number of anilines is 1. The highest BCUT2D eigenvalue weighted by Gasteiger charge is 2.25. The van der Waals surface area contributed by atoms with Crippen LogP contribution in [0.1, 0.15) is 60.5 Å². The molecule has 0 radical (unpaired) electrons. The van der Waals surface area contributed by atoms with Gasteiger partial charge in [0, 0.05) is 37.4 Å². The number of benzene rings is 2. The standard InChI is InChI=1S/C25H30N2O3/c1-7-21-23(20-12-10-11-13-22(20)30-21)25(29)19-14-16(4)24(17(5)15-19)27(18(6)28)26(8-2)9-3/h10-15H,7-9H2,1-6H3. The number of hydrazine groups is 1. The molecule has 0 fully saturated rings.